The van der Waals surface area contributed by atoms with Gasteiger partial charge in [-0.3, -0.25) is 9.59 Å². The second kappa shape index (κ2) is 9.61. The molecule has 2 rings (SSSR count). The van der Waals surface area contributed by atoms with E-state index >= 15 is 0 Å². The second-order valence-electron chi connectivity index (χ2n) is 6.23. The molecule has 5 nitrogen and oxygen atoms in total. The van der Waals surface area contributed by atoms with E-state index in [1.165, 1.54) is 0 Å². The van der Waals surface area contributed by atoms with Crippen LogP contribution in [0.25, 0.3) is 0 Å². The third kappa shape index (κ3) is 5.92. The van der Waals surface area contributed by atoms with Gasteiger partial charge in [-0.15, -0.1) is 0 Å². The second-order valence-corrected chi connectivity index (χ2v) is 6.23. The molecule has 0 unspecified atom stereocenters. The van der Waals surface area contributed by atoms with Gasteiger partial charge in [0.2, 0.25) is 5.91 Å². The van der Waals surface area contributed by atoms with Gasteiger partial charge in [-0.2, -0.15) is 0 Å². The van der Waals surface area contributed by atoms with Gasteiger partial charge in [-0.05, 0) is 43.2 Å². The molecule has 0 saturated heterocycles. The number of carbonyl (C=O) groups excluding carboxylic acids is 2. The topological polar surface area (TPSA) is 58.6 Å². The van der Waals surface area contributed by atoms with Crippen LogP contribution >= 0.6 is 0 Å². The summed E-state index contributed by atoms with van der Waals surface area (Å²) in [5.74, 6) is 0.701. The summed E-state index contributed by atoms with van der Waals surface area (Å²) in [5, 5.41) is 2.88. The van der Waals surface area contributed by atoms with Gasteiger partial charge in [0.05, 0.1) is 7.11 Å². The highest BCUT2D eigenvalue weighted by Crippen LogP contribution is 2.12. The maximum Gasteiger partial charge on any atom is 0.251 e. The van der Waals surface area contributed by atoms with Crippen LogP contribution in [0.3, 0.4) is 0 Å². The molecule has 0 radical (unpaired) electrons. The Balaban J connectivity index is 1.82. The zero-order valence-corrected chi connectivity index (χ0v) is 15.6. The van der Waals surface area contributed by atoms with Crippen LogP contribution < -0.4 is 10.1 Å². The SMILES string of the molecule is COc1ccc(CCN(CCNC(=O)c2cccc(C)c2)C(C)=O)cc1. The van der Waals surface area contributed by atoms with Gasteiger partial charge in [0.15, 0.2) is 0 Å². The number of rotatable bonds is 8. The van der Waals surface area contributed by atoms with Crippen LogP contribution in [0.5, 0.6) is 5.75 Å². The van der Waals surface area contributed by atoms with Crippen molar-refractivity contribution in [2.45, 2.75) is 20.3 Å². The van der Waals surface area contributed by atoms with Gasteiger partial charge in [0, 0.05) is 32.1 Å². The molecule has 0 fully saturated rings. The van der Waals surface area contributed by atoms with E-state index in [1.54, 1.807) is 25.0 Å². The van der Waals surface area contributed by atoms with Crippen molar-refractivity contribution in [2.75, 3.05) is 26.7 Å². The smallest absolute Gasteiger partial charge is 0.251 e. The minimum Gasteiger partial charge on any atom is -0.497 e. The number of nitrogens with zero attached hydrogens (tertiary/aromatic N) is 1. The van der Waals surface area contributed by atoms with Gasteiger partial charge >= 0.3 is 0 Å². The Labute approximate surface area is 155 Å². The number of methoxy groups -OCH3 is 1. The molecule has 0 spiro atoms. The molecule has 0 atom stereocenters. The predicted octanol–water partition coefficient (Wildman–Crippen LogP) is 2.82. The summed E-state index contributed by atoms with van der Waals surface area (Å²) >= 11 is 0. The molecule has 0 aliphatic heterocycles. The monoisotopic (exact) mass is 354 g/mol. The van der Waals surface area contributed by atoms with Gasteiger partial charge in [0.25, 0.3) is 5.91 Å². The average molecular weight is 354 g/mol. The number of aryl methyl sites for hydroxylation is 1. The number of nitrogens with one attached hydrogen (secondary N) is 1. The maximum absolute atomic E-state index is 12.2. The van der Waals surface area contributed by atoms with Crippen molar-refractivity contribution in [1.29, 1.82) is 0 Å². The molecular weight excluding hydrogens is 328 g/mol. The molecule has 0 bridgehead atoms. The lowest BCUT2D eigenvalue weighted by Crippen LogP contribution is -2.38. The summed E-state index contributed by atoms with van der Waals surface area (Å²) in [5.41, 5.74) is 2.82. The highest BCUT2D eigenvalue weighted by atomic mass is 16.5. The molecular formula is C21H26N2O3. The van der Waals surface area contributed by atoms with Crippen LogP contribution in [0.1, 0.15) is 28.4 Å². The van der Waals surface area contributed by atoms with Crippen molar-refractivity contribution in [1.82, 2.24) is 10.2 Å². The first-order valence-electron chi connectivity index (χ1n) is 8.73. The van der Waals surface area contributed by atoms with Crippen molar-refractivity contribution in [3.05, 3.63) is 65.2 Å². The minimum absolute atomic E-state index is 0.00307. The third-order valence-electron chi connectivity index (χ3n) is 4.22. The molecule has 0 saturated carbocycles. The Bertz CT molecular complexity index is 741. The van der Waals surface area contributed by atoms with Gasteiger partial charge < -0.3 is 15.0 Å². The van der Waals surface area contributed by atoms with E-state index in [0.717, 1.165) is 23.3 Å². The fourth-order valence-corrected chi connectivity index (χ4v) is 2.68. The average Bonchev–Trinajstić information content (AvgIpc) is 2.64. The summed E-state index contributed by atoms with van der Waals surface area (Å²) < 4.78 is 5.15. The first-order chi connectivity index (χ1) is 12.5. The third-order valence-corrected chi connectivity index (χ3v) is 4.22. The molecule has 2 aromatic carbocycles. The van der Waals surface area contributed by atoms with Crippen molar-refractivity contribution in [3.8, 4) is 5.75 Å². The Morgan fingerprint density at radius 3 is 2.42 bits per heavy atom. The van der Waals surface area contributed by atoms with E-state index in [-0.39, 0.29) is 11.8 Å². The van der Waals surface area contributed by atoms with E-state index in [1.807, 2.05) is 49.4 Å². The molecule has 0 aromatic heterocycles. The van der Waals surface area contributed by atoms with Gasteiger partial charge in [-0.1, -0.05) is 29.8 Å². The zero-order chi connectivity index (χ0) is 18.9. The fourth-order valence-electron chi connectivity index (χ4n) is 2.68. The Hall–Kier alpha value is -2.82. The van der Waals surface area contributed by atoms with Crippen LogP contribution in [0, 0.1) is 6.92 Å². The van der Waals surface area contributed by atoms with Crippen molar-refractivity contribution in [2.24, 2.45) is 0 Å². The van der Waals surface area contributed by atoms with E-state index in [4.69, 9.17) is 4.74 Å². The van der Waals surface area contributed by atoms with E-state index < -0.39 is 0 Å². The van der Waals surface area contributed by atoms with Gasteiger partial charge in [0.1, 0.15) is 5.75 Å². The molecule has 0 heterocycles. The highest BCUT2D eigenvalue weighted by molar-refractivity contribution is 5.94. The number of benzene rings is 2. The molecule has 1 N–H and O–H groups in total. The van der Waals surface area contributed by atoms with E-state index in [9.17, 15) is 9.59 Å². The quantitative estimate of drug-likeness (QED) is 0.793. The molecule has 138 valence electrons. The lowest BCUT2D eigenvalue weighted by molar-refractivity contribution is -0.128. The highest BCUT2D eigenvalue weighted by Gasteiger charge is 2.10. The standard InChI is InChI=1S/C21H26N2O3/c1-16-5-4-6-19(15-16)21(25)22-12-14-23(17(2)24)13-11-18-7-9-20(26-3)10-8-18/h4-10,15H,11-14H2,1-3H3,(H,22,25). The van der Waals surface area contributed by atoms with Crippen molar-refractivity contribution < 1.29 is 14.3 Å². The Morgan fingerprint density at radius 1 is 1.08 bits per heavy atom. The van der Waals surface area contributed by atoms with Crippen LogP contribution in [-0.4, -0.2) is 43.5 Å². The lowest BCUT2D eigenvalue weighted by atomic mass is 10.1. The number of hydrogen-bond acceptors (Lipinski definition) is 3. The normalized spacial score (nSPS) is 10.3. The number of carbonyl (C=O) groups is 2. The fraction of sp³-hybridized carbons (Fsp3) is 0.333. The summed E-state index contributed by atoms with van der Waals surface area (Å²) in [4.78, 5) is 25.8. The Kier molecular flexibility index (Phi) is 7.21. The predicted molar refractivity (Wildman–Crippen MR) is 102 cm³/mol. The van der Waals surface area contributed by atoms with Crippen LogP contribution in [0.4, 0.5) is 0 Å². The molecule has 0 aliphatic rings. The van der Waals surface area contributed by atoms with Crippen LogP contribution in [0.2, 0.25) is 0 Å². The largest absolute Gasteiger partial charge is 0.497 e. The minimum atomic E-state index is -0.118. The first-order valence-corrected chi connectivity index (χ1v) is 8.73. The zero-order valence-electron chi connectivity index (χ0n) is 15.6. The molecule has 0 aliphatic carbocycles. The maximum atomic E-state index is 12.2. The van der Waals surface area contributed by atoms with Crippen molar-refractivity contribution in [3.63, 3.8) is 0 Å². The summed E-state index contributed by atoms with van der Waals surface area (Å²) in [6.45, 7) is 5.03. The van der Waals surface area contributed by atoms with Crippen LogP contribution in [-0.2, 0) is 11.2 Å². The van der Waals surface area contributed by atoms with Crippen LogP contribution in [0.15, 0.2) is 48.5 Å². The number of ether oxygens (including phenoxy) is 1. The first kappa shape index (κ1) is 19.5. The van der Waals surface area contributed by atoms with Gasteiger partial charge in [-0.25, -0.2) is 0 Å². The van der Waals surface area contributed by atoms with E-state index in [2.05, 4.69) is 5.32 Å². The summed E-state index contributed by atoms with van der Waals surface area (Å²) in [6, 6.07) is 15.3. The number of amides is 2. The molecule has 2 aromatic rings. The van der Waals surface area contributed by atoms with Crippen molar-refractivity contribution >= 4 is 11.8 Å². The molecule has 2 amide bonds. The molecule has 5 heteroatoms. The van der Waals surface area contributed by atoms with E-state index in [0.29, 0.717) is 25.2 Å². The molecule has 26 heavy (non-hydrogen) atoms. The summed E-state index contributed by atoms with van der Waals surface area (Å²) in [6.07, 6.45) is 0.759. The summed E-state index contributed by atoms with van der Waals surface area (Å²) in [7, 11) is 1.64. The number of hydrogen-bond donors (Lipinski definition) is 1. The Morgan fingerprint density at radius 2 is 1.81 bits per heavy atom. The lowest BCUT2D eigenvalue weighted by Gasteiger charge is -2.21.